The first-order chi connectivity index (χ1) is 8.12. The summed E-state index contributed by atoms with van der Waals surface area (Å²) in [5, 5.41) is 1.37. The monoisotopic (exact) mass is 276 g/mol. The third-order valence-corrected chi connectivity index (χ3v) is 3.42. The van der Waals surface area contributed by atoms with Gasteiger partial charge in [-0.15, -0.1) is 0 Å². The van der Waals surface area contributed by atoms with Gasteiger partial charge in [0, 0.05) is 17.2 Å². The summed E-state index contributed by atoms with van der Waals surface area (Å²) in [7, 11) is 1.68. The highest BCUT2D eigenvalue weighted by molar-refractivity contribution is 6.33. The normalized spacial score (nSPS) is 14.6. The molecule has 0 aliphatic rings. The summed E-state index contributed by atoms with van der Waals surface area (Å²) in [6, 6.07) is 5.43. The minimum absolute atomic E-state index is 0.0148. The van der Waals surface area contributed by atoms with Crippen LogP contribution in [0, 0.1) is 0 Å². The predicted octanol–water partition coefficient (Wildman–Crippen LogP) is 2.79. The van der Waals surface area contributed by atoms with E-state index in [1.54, 1.807) is 19.2 Å². The molecule has 0 aliphatic carbocycles. The number of nitrogens with two attached hydrogens (primary N) is 1. The third kappa shape index (κ3) is 4.12. The Kier molecular flexibility index (Phi) is 6.23. The highest BCUT2D eigenvalue weighted by atomic mass is 35.5. The lowest BCUT2D eigenvalue weighted by atomic mass is 10.00. The van der Waals surface area contributed by atoms with Gasteiger partial charge in [0.2, 0.25) is 0 Å². The molecule has 3 nitrogen and oxygen atoms in total. The average Bonchev–Trinajstić information content (AvgIpc) is 2.33. The molecule has 0 saturated carbocycles. The van der Waals surface area contributed by atoms with Gasteiger partial charge in [-0.1, -0.05) is 30.1 Å². The van der Waals surface area contributed by atoms with Crippen LogP contribution in [0.25, 0.3) is 0 Å². The van der Waals surface area contributed by atoms with Crippen molar-refractivity contribution in [3.63, 3.8) is 0 Å². The van der Waals surface area contributed by atoms with E-state index in [-0.39, 0.29) is 12.1 Å². The number of hydrazine groups is 1. The maximum absolute atomic E-state index is 6.12. The quantitative estimate of drug-likeness (QED) is 0.621. The fourth-order valence-electron chi connectivity index (χ4n) is 1.85. The lowest BCUT2D eigenvalue weighted by Crippen LogP contribution is -2.46. The van der Waals surface area contributed by atoms with Gasteiger partial charge in [0.15, 0.2) is 0 Å². The van der Waals surface area contributed by atoms with Crippen LogP contribution in [0.3, 0.4) is 0 Å². The molecule has 3 N–H and O–H groups in total. The second kappa shape index (κ2) is 7.19. The van der Waals surface area contributed by atoms with Gasteiger partial charge in [-0.3, -0.25) is 11.3 Å². The topological polar surface area (TPSA) is 47.3 Å². The third-order valence-electron chi connectivity index (χ3n) is 2.82. The number of nitrogens with one attached hydrogen (secondary N) is 1. The minimum atomic E-state index is 0.0148. The summed E-state index contributed by atoms with van der Waals surface area (Å²) >= 11 is 12.1. The van der Waals surface area contributed by atoms with Crippen molar-refractivity contribution in [2.45, 2.75) is 31.9 Å². The number of ether oxygens (including phenoxy) is 1. The van der Waals surface area contributed by atoms with E-state index >= 15 is 0 Å². The number of rotatable bonds is 6. The molecule has 1 aromatic carbocycles. The van der Waals surface area contributed by atoms with Crippen molar-refractivity contribution >= 4 is 23.2 Å². The Hall–Kier alpha value is -0.320. The maximum Gasteiger partial charge on any atom is 0.0738 e. The molecule has 0 aliphatic heterocycles. The molecule has 1 rings (SSSR count). The SMILES string of the molecule is CCC(OC)C(Cc1cc(Cl)ccc1Cl)NN. The number of methoxy groups -OCH3 is 1. The van der Waals surface area contributed by atoms with Crippen LogP contribution in [0.4, 0.5) is 0 Å². The van der Waals surface area contributed by atoms with E-state index in [2.05, 4.69) is 12.3 Å². The van der Waals surface area contributed by atoms with Crippen LogP contribution in [0.1, 0.15) is 18.9 Å². The maximum atomic E-state index is 6.12. The van der Waals surface area contributed by atoms with Gasteiger partial charge in [-0.2, -0.15) is 0 Å². The van der Waals surface area contributed by atoms with Crippen LogP contribution >= 0.6 is 23.2 Å². The smallest absolute Gasteiger partial charge is 0.0738 e. The molecule has 0 saturated heterocycles. The molecule has 1 aromatic rings. The van der Waals surface area contributed by atoms with Gasteiger partial charge in [-0.25, -0.2) is 0 Å². The zero-order valence-corrected chi connectivity index (χ0v) is 11.6. The summed E-state index contributed by atoms with van der Waals surface area (Å²) in [5.74, 6) is 5.55. The second-order valence-corrected chi connectivity index (χ2v) is 4.74. The summed E-state index contributed by atoms with van der Waals surface area (Å²) in [4.78, 5) is 0. The van der Waals surface area contributed by atoms with Crippen LogP contribution in [-0.2, 0) is 11.2 Å². The first-order valence-corrected chi connectivity index (χ1v) is 6.30. The fraction of sp³-hybridized carbons (Fsp3) is 0.500. The summed E-state index contributed by atoms with van der Waals surface area (Å²) in [6.07, 6.45) is 1.61. The molecule has 2 atom stereocenters. The van der Waals surface area contributed by atoms with Crippen molar-refractivity contribution < 1.29 is 4.74 Å². The van der Waals surface area contributed by atoms with Crippen LogP contribution < -0.4 is 11.3 Å². The summed E-state index contributed by atoms with van der Waals surface area (Å²) < 4.78 is 5.38. The molecular formula is C12H18Cl2N2O. The molecular weight excluding hydrogens is 259 g/mol. The van der Waals surface area contributed by atoms with E-state index in [4.69, 9.17) is 33.8 Å². The molecule has 17 heavy (non-hydrogen) atoms. The molecule has 0 aromatic heterocycles. The fourth-order valence-corrected chi connectivity index (χ4v) is 2.24. The van der Waals surface area contributed by atoms with Crippen molar-refractivity contribution in [3.8, 4) is 0 Å². The Labute approximate surface area is 112 Å². The Morgan fingerprint density at radius 1 is 1.41 bits per heavy atom. The Balaban J connectivity index is 2.83. The molecule has 0 spiro atoms. The number of benzene rings is 1. The van der Waals surface area contributed by atoms with Crippen molar-refractivity contribution in [1.82, 2.24) is 5.43 Å². The van der Waals surface area contributed by atoms with Crippen molar-refractivity contribution in [2.75, 3.05) is 7.11 Å². The van der Waals surface area contributed by atoms with Crippen molar-refractivity contribution in [2.24, 2.45) is 5.84 Å². The molecule has 0 fully saturated rings. The molecule has 0 radical (unpaired) electrons. The molecule has 96 valence electrons. The standard InChI is InChI=1S/C12H18Cl2N2O/c1-3-12(17-2)11(16-15)7-8-6-9(13)4-5-10(8)14/h4-6,11-12,16H,3,7,15H2,1-2H3. The van der Waals surface area contributed by atoms with Gasteiger partial charge in [-0.05, 0) is 36.6 Å². The van der Waals surface area contributed by atoms with Gasteiger partial charge < -0.3 is 4.74 Å². The van der Waals surface area contributed by atoms with Crippen LogP contribution in [0.15, 0.2) is 18.2 Å². The van der Waals surface area contributed by atoms with Gasteiger partial charge in [0.05, 0.1) is 12.1 Å². The Bertz CT molecular complexity index is 356. The highest BCUT2D eigenvalue weighted by Gasteiger charge is 2.19. The Morgan fingerprint density at radius 3 is 2.65 bits per heavy atom. The summed E-state index contributed by atoms with van der Waals surface area (Å²) in [6.45, 7) is 2.05. The molecule has 0 amide bonds. The number of halogens is 2. The minimum Gasteiger partial charge on any atom is -0.380 e. The largest absolute Gasteiger partial charge is 0.380 e. The van der Waals surface area contributed by atoms with E-state index in [1.807, 2.05) is 6.07 Å². The highest BCUT2D eigenvalue weighted by Crippen LogP contribution is 2.23. The lowest BCUT2D eigenvalue weighted by Gasteiger charge is -2.24. The molecule has 2 unspecified atom stereocenters. The number of hydrogen-bond acceptors (Lipinski definition) is 3. The van der Waals surface area contributed by atoms with Crippen LogP contribution in [-0.4, -0.2) is 19.3 Å². The molecule has 5 heteroatoms. The van der Waals surface area contributed by atoms with E-state index in [0.717, 1.165) is 12.0 Å². The first kappa shape index (κ1) is 14.7. The van der Waals surface area contributed by atoms with E-state index in [0.29, 0.717) is 16.5 Å². The van der Waals surface area contributed by atoms with Gasteiger partial charge in [0.25, 0.3) is 0 Å². The lowest BCUT2D eigenvalue weighted by molar-refractivity contribution is 0.0654. The Morgan fingerprint density at radius 2 is 2.12 bits per heavy atom. The molecule has 0 bridgehead atoms. The molecule has 0 heterocycles. The van der Waals surface area contributed by atoms with E-state index in [9.17, 15) is 0 Å². The van der Waals surface area contributed by atoms with Gasteiger partial charge >= 0.3 is 0 Å². The zero-order chi connectivity index (χ0) is 12.8. The number of hydrogen-bond donors (Lipinski definition) is 2. The predicted molar refractivity (Wildman–Crippen MR) is 72.4 cm³/mol. The van der Waals surface area contributed by atoms with E-state index < -0.39 is 0 Å². The van der Waals surface area contributed by atoms with Crippen LogP contribution in [0.2, 0.25) is 10.0 Å². The van der Waals surface area contributed by atoms with Crippen molar-refractivity contribution in [3.05, 3.63) is 33.8 Å². The first-order valence-electron chi connectivity index (χ1n) is 5.55. The van der Waals surface area contributed by atoms with Crippen molar-refractivity contribution in [1.29, 1.82) is 0 Å². The summed E-state index contributed by atoms with van der Waals surface area (Å²) in [5.41, 5.74) is 3.74. The zero-order valence-electron chi connectivity index (χ0n) is 10.0. The second-order valence-electron chi connectivity index (χ2n) is 3.90. The van der Waals surface area contributed by atoms with Gasteiger partial charge in [0.1, 0.15) is 0 Å². The average molecular weight is 277 g/mol. The van der Waals surface area contributed by atoms with Crippen LogP contribution in [0.5, 0.6) is 0 Å². The van der Waals surface area contributed by atoms with E-state index in [1.165, 1.54) is 0 Å².